The zero-order chi connectivity index (χ0) is 10.6. The fourth-order valence-electron chi connectivity index (χ4n) is 1.04. The molecule has 0 unspecified atom stereocenters. The van der Waals surface area contributed by atoms with Crippen LogP contribution in [0.1, 0.15) is 17.0 Å². The number of rotatable bonds is 4. The second kappa shape index (κ2) is 4.94. The van der Waals surface area contributed by atoms with Gasteiger partial charge < -0.3 is 10.0 Å². The monoisotopic (exact) mass is 211 g/mol. The molecule has 0 aliphatic rings. The molecule has 0 saturated heterocycles. The van der Waals surface area contributed by atoms with Crippen LogP contribution in [0.5, 0.6) is 0 Å². The fourth-order valence-corrected chi connectivity index (χ4v) is 1.94. The van der Waals surface area contributed by atoms with Gasteiger partial charge in [-0.05, 0) is 6.92 Å². The first-order chi connectivity index (χ1) is 6.69. The second-order valence-electron chi connectivity index (χ2n) is 2.99. The number of aromatic nitrogens is 1. The lowest BCUT2D eigenvalue weighted by molar-refractivity contribution is 0.277. The molecular weight excluding hydrogens is 198 g/mol. The third-order valence-corrected chi connectivity index (χ3v) is 3.04. The van der Waals surface area contributed by atoms with E-state index in [2.05, 4.69) is 11.1 Å². The number of nitrogens with zero attached hydrogens (tertiary/aromatic N) is 3. The zero-order valence-corrected chi connectivity index (χ0v) is 9.13. The van der Waals surface area contributed by atoms with Crippen LogP contribution in [-0.2, 0) is 6.61 Å². The van der Waals surface area contributed by atoms with Gasteiger partial charge >= 0.3 is 0 Å². The molecule has 0 bridgehead atoms. The molecule has 0 saturated carbocycles. The van der Waals surface area contributed by atoms with Crippen molar-refractivity contribution in [3.8, 4) is 6.07 Å². The van der Waals surface area contributed by atoms with Crippen molar-refractivity contribution >= 4 is 16.5 Å². The molecule has 1 aromatic heterocycles. The molecular formula is C9H13N3OS. The highest BCUT2D eigenvalue weighted by Crippen LogP contribution is 2.24. The van der Waals surface area contributed by atoms with E-state index in [0.717, 1.165) is 15.7 Å². The van der Waals surface area contributed by atoms with Crippen molar-refractivity contribution in [2.45, 2.75) is 20.0 Å². The number of nitriles is 1. The summed E-state index contributed by atoms with van der Waals surface area (Å²) in [6, 6.07) is 2.09. The minimum Gasteiger partial charge on any atom is -0.390 e. The van der Waals surface area contributed by atoms with Crippen LogP contribution in [-0.4, -0.2) is 23.7 Å². The second-order valence-corrected chi connectivity index (χ2v) is 4.17. The molecule has 4 nitrogen and oxygen atoms in total. The van der Waals surface area contributed by atoms with Gasteiger partial charge in [0, 0.05) is 18.5 Å². The lowest BCUT2D eigenvalue weighted by atomic mass is 10.4. The number of anilines is 1. The minimum absolute atomic E-state index is 0.0194. The summed E-state index contributed by atoms with van der Waals surface area (Å²) in [6.07, 6.45) is 0.490. The Morgan fingerprint density at radius 1 is 1.64 bits per heavy atom. The molecule has 0 spiro atoms. The molecule has 0 aromatic carbocycles. The van der Waals surface area contributed by atoms with Crippen LogP contribution < -0.4 is 4.90 Å². The zero-order valence-electron chi connectivity index (χ0n) is 8.32. The van der Waals surface area contributed by atoms with Gasteiger partial charge in [0.05, 0.1) is 24.8 Å². The topological polar surface area (TPSA) is 60.2 Å². The van der Waals surface area contributed by atoms with Crippen molar-refractivity contribution in [2.24, 2.45) is 0 Å². The first kappa shape index (κ1) is 11.0. The normalized spacial score (nSPS) is 9.86. The van der Waals surface area contributed by atoms with E-state index in [-0.39, 0.29) is 6.61 Å². The molecule has 1 N–H and O–H groups in total. The van der Waals surface area contributed by atoms with E-state index in [0.29, 0.717) is 13.0 Å². The van der Waals surface area contributed by atoms with Crippen LogP contribution in [0.2, 0.25) is 0 Å². The highest BCUT2D eigenvalue weighted by molar-refractivity contribution is 7.15. The molecule has 0 aliphatic carbocycles. The van der Waals surface area contributed by atoms with Gasteiger partial charge in [0.2, 0.25) is 0 Å². The summed E-state index contributed by atoms with van der Waals surface area (Å²) >= 11 is 1.54. The first-order valence-electron chi connectivity index (χ1n) is 4.34. The van der Waals surface area contributed by atoms with Gasteiger partial charge in [-0.25, -0.2) is 4.98 Å². The van der Waals surface area contributed by atoms with Gasteiger partial charge in [0.15, 0.2) is 5.13 Å². The Morgan fingerprint density at radius 2 is 2.36 bits per heavy atom. The number of thiazole rings is 1. The van der Waals surface area contributed by atoms with Crippen molar-refractivity contribution in [1.82, 2.24) is 4.98 Å². The molecule has 1 heterocycles. The summed E-state index contributed by atoms with van der Waals surface area (Å²) in [7, 11) is 1.90. The lowest BCUT2D eigenvalue weighted by Crippen LogP contribution is -2.17. The van der Waals surface area contributed by atoms with E-state index >= 15 is 0 Å². The minimum atomic E-state index is -0.0194. The van der Waals surface area contributed by atoms with E-state index in [1.54, 1.807) is 11.3 Å². The Morgan fingerprint density at radius 3 is 2.86 bits per heavy atom. The number of aliphatic hydroxyl groups excluding tert-OH is 1. The number of hydrogen-bond acceptors (Lipinski definition) is 5. The molecule has 5 heteroatoms. The summed E-state index contributed by atoms with van der Waals surface area (Å²) in [4.78, 5) is 7.23. The van der Waals surface area contributed by atoms with Crippen LogP contribution in [0.4, 0.5) is 5.13 Å². The van der Waals surface area contributed by atoms with Gasteiger partial charge in [-0.1, -0.05) is 0 Å². The highest BCUT2D eigenvalue weighted by atomic mass is 32.1. The molecule has 76 valence electrons. The van der Waals surface area contributed by atoms with Crippen LogP contribution in [0, 0.1) is 18.3 Å². The van der Waals surface area contributed by atoms with E-state index in [4.69, 9.17) is 10.4 Å². The molecule has 0 fully saturated rings. The summed E-state index contributed by atoms with van der Waals surface area (Å²) in [5.74, 6) is 0. The van der Waals surface area contributed by atoms with Gasteiger partial charge in [-0.2, -0.15) is 5.26 Å². The van der Waals surface area contributed by atoms with Crippen LogP contribution >= 0.6 is 11.3 Å². The molecule has 1 rings (SSSR count). The Kier molecular flexibility index (Phi) is 3.86. The Hall–Kier alpha value is -1.12. The maximum absolute atomic E-state index is 8.96. The van der Waals surface area contributed by atoms with E-state index < -0.39 is 0 Å². The predicted molar refractivity (Wildman–Crippen MR) is 56.3 cm³/mol. The molecule has 0 radical (unpaired) electrons. The standard InChI is InChI=1S/C9H13N3OS/c1-7-8(6-13)11-9(14-7)12(2)5-3-4-10/h13H,3,5-6H2,1-2H3. The van der Waals surface area contributed by atoms with Crippen molar-refractivity contribution in [3.05, 3.63) is 10.6 Å². The quantitative estimate of drug-likeness (QED) is 0.815. The van der Waals surface area contributed by atoms with Crippen molar-refractivity contribution in [2.75, 3.05) is 18.5 Å². The van der Waals surface area contributed by atoms with Gasteiger partial charge in [-0.15, -0.1) is 11.3 Å². The molecule has 14 heavy (non-hydrogen) atoms. The van der Waals surface area contributed by atoms with Crippen molar-refractivity contribution < 1.29 is 5.11 Å². The third kappa shape index (κ3) is 2.44. The average molecular weight is 211 g/mol. The maximum atomic E-state index is 8.96. The largest absolute Gasteiger partial charge is 0.390 e. The van der Waals surface area contributed by atoms with E-state index in [1.807, 2.05) is 18.9 Å². The summed E-state index contributed by atoms with van der Waals surface area (Å²) in [6.45, 7) is 2.59. The van der Waals surface area contributed by atoms with Gasteiger partial charge in [-0.3, -0.25) is 0 Å². The number of aliphatic hydroxyl groups is 1. The molecule has 1 aromatic rings. The highest BCUT2D eigenvalue weighted by Gasteiger charge is 2.09. The van der Waals surface area contributed by atoms with Crippen LogP contribution in [0.25, 0.3) is 0 Å². The van der Waals surface area contributed by atoms with Crippen molar-refractivity contribution in [3.63, 3.8) is 0 Å². The fraction of sp³-hybridized carbons (Fsp3) is 0.556. The SMILES string of the molecule is Cc1sc(N(C)CCC#N)nc1CO. The summed E-state index contributed by atoms with van der Waals surface area (Å²) in [5, 5.41) is 18.3. The van der Waals surface area contributed by atoms with E-state index in [9.17, 15) is 0 Å². The maximum Gasteiger partial charge on any atom is 0.185 e. The molecule has 0 atom stereocenters. The number of hydrogen-bond donors (Lipinski definition) is 1. The van der Waals surface area contributed by atoms with E-state index in [1.165, 1.54) is 0 Å². The summed E-state index contributed by atoms with van der Waals surface area (Å²) in [5.41, 5.74) is 0.730. The molecule has 0 amide bonds. The van der Waals surface area contributed by atoms with Crippen LogP contribution in [0.3, 0.4) is 0 Å². The van der Waals surface area contributed by atoms with Gasteiger partial charge in [0.1, 0.15) is 0 Å². The predicted octanol–water partition coefficient (Wildman–Crippen LogP) is 1.29. The Balaban J connectivity index is 2.71. The molecule has 0 aliphatic heterocycles. The first-order valence-corrected chi connectivity index (χ1v) is 5.16. The average Bonchev–Trinajstić information content (AvgIpc) is 2.56. The Labute approximate surface area is 87.4 Å². The van der Waals surface area contributed by atoms with Crippen molar-refractivity contribution in [1.29, 1.82) is 5.26 Å². The van der Waals surface area contributed by atoms with Crippen LogP contribution in [0.15, 0.2) is 0 Å². The summed E-state index contributed by atoms with van der Waals surface area (Å²) < 4.78 is 0. The van der Waals surface area contributed by atoms with Gasteiger partial charge in [0.25, 0.3) is 0 Å². The smallest absolute Gasteiger partial charge is 0.185 e. The lowest BCUT2D eigenvalue weighted by Gasteiger charge is -2.12. The third-order valence-electron chi connectivity index (χ3n) is 1.92. The Bertz CT molecular complexity index is 342. The number of aryl methyl sites for hydroxylation is 1.